The van der Waals surface area contributed by atoms with Crippen LogP contribution in [0, 0.1) is 3.57 Å². The zero-order valence-corrected chi connectivity index (χ0v) is 20.2. The second kappa shape index (κ2) is 13.0. The molecule has 2 aromatic rings. The average Bonchev–Trinajstić information content (AvgIpc) is 2.77. The van der Waals surface area contributed by atoms with Crippen molar-refractivity contribution in [3.63, 3.8) is 0 Å². The smallest absolute Gasteiger partial charge is 0.407 e. The second-order valence-corrected chi connectivity index (χ2v) is 9.05. The minimum Gasteiger partial charge on any atom is -0.450 e. The summed E-state index contributed by atoms with van der Waals surface area (Å²) in [6, 6.07) is 17.8. The first kappa shape index (κ1) is 24.7. The number of benzene rings is 2. The quantitative estimate of drug-likeness (QED) is 0.197. The largest absolute Gasteiger partial charge is 0.450 e. The number of carbonyl (C=O) groups excluding carboxylic acids is 2. The van der Waals surface area contributed by atoms with Crippen molar-refractivity contribution in [2.24, 2.45) is 0 Å². The van der Waals surface area contributed by atoms with Gasteiger partial charge < -0.3 is 10.1 Å². The van der Waals surface area contributed by atoms with Gasteiger partial charge in [0.05, 0.1) is 17.9 Å². The third-order valence-electron chi connectivity index (χ3n) is 5.28. The molecule has 0 saturated heterocycles. The van der Waals surface area contributed by atoms with Gasteiger partial charge in [0.25, 0.3) is 0 Å². The summed E-state index contributed by atoms with van der Waals surface area (Å²) in [7, 11) is 0. The highest BCUT2D eigenvalue weighted by molar-refractivity contribution is 14.1. The van der Waals surface area contributed by atoms with Gasteiger partial charge in [0.1, 0.15) is 0 Å². The molecule has 1 amide bonds. The summed E-state index contributed by atoms with van der Waals surface area (Å²) in [5.41, 5.74) is 1.51. The molecule has 0 spiro atoms. The molecule has 1 N–H and O–H groups in total. The molecule has 4 nitrogen and oxygen atoms in total. The van der Waals surface area contributed by atoms with Gasteiger partial charge in [-0.3, -0.25) is 4.79 Å². The Morgan fingerprint density at radius 1 is 1.03 bits per heavy atom. The van der Waals surface area contributed by atoms with E-state index in [1.807, 2.05) is 55.5 Å². The van der Waals surface area contributed by atoms with Crippen molar-refractivity contribution in [2.45, 2.75) is 51.0 Å². The number of alkyl halides is 1. The van der Waals surface area contributed by atoms with E-state index < -0.39 is 11.5 Å². The highest BCUT2D eigenvalue weighted by atomic mass is 127. The topological polar surface area (TPSA) is 55.4 Å². The number of halogens is 2. The highest BCUT2D eigenvalue weighted by Gasteiger charge is 2.33. The standard InChI is InChI=1S/C24H29ClINO3/c1-24(22(28)17-25,20-12-9-13-21(26)16-20)14-7-2-3-8-15-30-23(29)27-18-19-10-5-4-6-11-19/h4-6,9-13,16H,2-3,7-8,14-15,17-18H2,1H3,(H,27,29). The molecule has 0 heterocycles. The molecule has 162 valence electrons. The Kier molecular flexibility index (Phi) is 10.6. The van der Waals surface area contributed by atoms with Gasteiger partial charge in [-0.1, -0.05) is 61.7 Å². The fraction of sp³-hybridized carbons (Fsp3) is 0.417. The number of amides is 1. The molecule has 0 aliphatic rings. The number of unbranched alkanes of at least 4 members (excludes halogenated alkanes) is 3. The lowest BCUT2D eigenvalue weighted by Crippen LogP contribution is -2.33. The number of hydrogen-bond acceptors (Lipinski definition) is 3. The van der Waals surface area contributed by atoms with Gasteiger partial charge in [-0.2, -0.15) is 0 Å². The molecule has 30 heavy (non-hydrogen) atoms. The van der Waals surface area contributed by atoms with Gasteiger partial charge in [-0.15, -0.1) is 11.6 Å². The van der Waals surface area contributed by atoms with Crippen LogP contribution in [0.1, 0.15) is 50.2 Å². The Balaban J connectivity index is 1.66. The lowest BCUT2D eigenvalue weighted by atomic mass is 9.75. The van der Waals surface area contributed by atoms with Crippen LogP contribution in [0.15, 0.2) is 54.6 Å². The molecule has 2 rings (SSSR count). The maximum Gasteiger partial charge on any atom is 0.407 e. The molecule has 1 unspecified atom stereocenters. The van der Waals surface area contributed by atoms with Crippen LogP contribution in [0.25, 0.3) is 0 Å². The van der Waals surface area contributed by atoms with Crippen LogP contribution in [-0.4, -0.2) is 24.4 Å². The van der Waals surface area contributed by atoms with Gasteiger partial charge >= 0.3 is 6.09 Å². The highest BCUT2D eigenvalue weighted by Crippen LogP contribution is 2.32. The zero-order valence-electron chi connectivity index (χ0n) is 17.3. The molecule has 0 saturated carbocycles. The summed E-state index contributed by atoms with van der Waals surface area (Å²) in [6.07, 6.45) is 4.02. The van der Waals surface area contributed by atoms with E-state index in [1.54, 1.807) is 0 Å². The number of rotatable bonds is 12. The third-order valence-corrected chi connectivity index (χ3v) is 6.20. The molecule has 1 atom stereocenters. The molecule has 0 aliphatic heterocycles. The summed E-state index contributed by atoms with van der Waals surface area (Å²) in [4.78, 5) is 24.3. The van der Waals surface area contributed by atoms with E-state index in [0.29, 0.717) is 13.2 Å². The van der Waals surface area contributed by atoms with Gasteiger partial charge in [0.2, 0.25) is 0 Å². The number of Topliss-reactive ketones (excluding diaryl/α,β-unsaturated/α-hetero) is 1. The van der Waals surface area contributed by atoms with E-state index in [2.05, 4.69) is 34.0 Å². The molecule has 6 heteroatoms. The first-order chi connectivity index (χ1) is 14.5. The lowest BCUT2D eigenvalue weighted by molar-refractivity contribution is -0.121. The van der Waals surface area contributed by atoms with E-state index in [-0.39, 0.29) is 11.7 Å². The average molecular weight is 542 g/mol. The van der Waals surface area contributed by atoms with Gasteiger partial charge in [0, 0.05) is 10.1 Å². The summed E-state index contributed by atoms with van der Waals surface area (Å²) < 4.78 is 6.34. The molecule has 0 aromatic heterocycles. The van der Waals surface area contributed by atoms with E-state index in [1.165, 1.54) is 0 Å². The number of ether oxygens (including phenoxy) is 1. The Labute approximate surface area is 197 Å². The van der Waals surface area contributed by atoms with Crippen LogP contribution >= 0.6 is 34.2 Å². The summed E-state index contributed by atoms with van der Waals surface area (Å²) >= 11 is 8.16. The number of ketones is 1. The monoisotopic (exact) mass is 541 g/mol. The Morgan fingerprint density at radius 3 is 2.47 bits per heavy atom. The summed E-state index contributed by atoms with van der Waals surface area (Å²) in [6.45, 7) is 2.85. The predicted molar refractivity (Wildman–Crippen MR) is 130 cm³/mol. The zero-order chi connectivity index (χ0) is 21.8. The molecule has 0 bridgehead atoms. The molecule has 0 radical (unpaired) electrons. The van der Waals surface area contributed by atoms with Crippen molar-refractivity contribution in [1.29, 1.82) is 0 Å². The summed E-state index contributed by atoms with van der Waals surface area (Å²) in [5, 5.41) is 2.75. The van der Waals surface area contributed by atoms with E-state index in [4.69, 9.17) is 16.3 Å². The predicted octanol–water partition coefficient (Wildman–Crippen LogP) is 6.23. The van der Waals surface area contributed by atoms with Crippen LogP contribution in [0.3, 0.4) is 0 Å². The van der Waals surface area contributed by atoms with Crippen LogP contribution in [-0.2, 0) is 21.5 Å². The number of alkyl carbamates (subject to hydrolysis) is 1. The van der Waals surface area contributed by atoms with Crippen molar-refractivity contribution in [2.75, 3.05) is 12.5 Å². The normalized spacial score (nSPS) is 12.8. The molecular weight excluding hydrogens is 513 g/mol. The number of nitrogens with one attached hydrogen (secondary N) is 1. The number of carbonyl (C=O) groups is 2. The molecule has 2 aromatic carbocycles. The maximum absolute atomic E-state index is 12.6. The van der Waals surface area contributed by atoms with Gasteiger partial charge in [0.15, 0.2) is 5.78 Å². The lowest BCUT2D eigenvalue weighted by Gasteiger charge is -2.28. The van der Waals surface area contributed by atoms with E-state index >= 15 is 0 Å². The van der Waals surface area contributed by atoms with Crippen molar-refractivity contribution >= 4 is 46.1 Å². The van der Waals surface area contributed by atoms with Crippen LogP contribution in [0.2, 0.25) is 0 Å². The Hall–Kier alpha value is -1.60. The SMILES string of the molecule is CC(CCCCCCOC(=O)NCc1ccccc1)(C(=O)CCl)c1cccc(I)c1. The maximum atomic E-state index is 12.6. The molecular formula is C24H29ClINO3. The van der Waals surface area contributed by atoms with Crippen molar-refractivity contribution in [3.05, 3.63) is 69.3 Å². The minimum absolute atomic E-state index is 0.0217. The van der Waals surface area contributed by atoms with E-state index in [9.17, 15) is 9.59 Å². The second-order valence-electron chi connectivity index (χ2n) is 7.54. The van der Waals surface area contributed by atoms with E-state index in [0.717, 1.165) is 46.8 Å². The fourth-order valence-corrected chi connectivity index (χ4v) is 4.18. The number of hydrogen-bond donors (Lipinski definition) is 1. The minimum atomic E-state index is -0.559. The van der Waals surface area contributed by atoms with Gasteiger partial charge in [-0.05, 0) is 65.6 Å². The fourth-order valence-electron chi connectivity index (χ4n) is 3.34. The Bertz CT molecular complexity index is 815. The van der Waals surface area contributed by atoms with Gasteiger partial charge in [-0.25, -0.2) is 4.79 Å². The van der Waals surface area contributed by atoms with Crippen molar-refractivity contribution in [1.82, 2.24) is 5.32 Å². The summed E-state index contributed by atoms with van der Waals surface area (Å²) in [5.74, 6) is 0.0815. The third kappa shape index (κ3) is 7.91. The van der Waals surface area contributed by atoms with Crippen LogP contribution in [0.4, 0.5) is 4.79 Å². The van der Waals surface area contributed by atoms with Crippen LogP contribution in [0.5, 0.6) is 0 Å². The Morgan fingerprint density at radius 2 is 1.77 bits per heavy atom. The van der Waals surface area contributed by atoms with Crippen molar-refractivity contribution < 1.29 is 14.3 Å². The molecule has 0 aliphatic carbocycles. The van der Waals surface area contributed by atoms with Crippen molar-refractivity contribution in [3.8, 4) is 0 Å². The van der Waals surface area contributed by atoms with Crippen LogP contribution < -0.4 is 5.32 Å². The first-order valence-corrected chi connectivity index (χ1v) is 11.9. The first-order valence-electron chi connectivity index (χ1n) is 10.3. The molecule has 0 fully saturated rings.